The number of hydrogen-bond acceptors (Lipinski definition) is 4. The molecule has 98 valence electrons. The van der Waals surface area contributed by atoms with Crippen LogP contribution in [-0.4, -0.2) is 25.9 Å². The van der Waals surface area contributed by atoms with Crippen molar-refractivity contribution in [1.29, 1.82) is 0 Å². The summed E-state index contributed by atoms with van der Waals surface area (Å²) in [6.45, 7) is 1.96. The van der Waals surface area contributed by atoms with Crippen molar-refractivity contribution in [2.24, 2.45) is 5.92 Å². The average Bonchev–Trinajstić information content (AvgIpc) is 2.40. The molecule has 0 spiro atoms. The second kappa shape index (κ2) is 6.26. The maximum atomic E-state index is 11.5. The Labute approximate surface area is 106 Å². The molecule has 5 heteroatoms. The van der Waals surface area contributed by atoms with Crippen LogP contribution in [0.1, 0.15) is 12.8 Å². The summed E-state index contributed by atoms with van der Waals surface area (Å²) in [6.07, 6.45) is 1.48. The molecule has 5 nitrogen and oxygen atoms in total. The van der Waals surface area contributed by atoms with E-state index in [9.17, 15) is 4.79 Å². The molecule has 1 aliphatic heterocycles. The van der Waals surface area contributed by atoms with Crippen LogP contribution >= 0.6 is 0 Å². The normalized spacial score (nSPS) is 16.2. The maximum absolute atomic E-state index is 11.5. The largest absolute Gasteiger partial charge is 0.449 e. The van der Waals surface area contributed by atoms with Crippen LogP contribution in [0.2, 0.25) is 0 Å². The minimum absolute atomic E-state index is 0.413. The van der Waals surface area contributed by atoms with Crippen LogP contribution in [0.15, 0.2) is 24.3 Å². The van der Waals surface area contributed by atoms with Gasteiger partial charge in [0.05, 0.1) is 6.61 Å². The summed E-state index contributed by atoms with van der Waals surface area (Å²) >= 11 is 0. The van der Waals surface area contributed by atoms with E-state index in [2.05, 4.69) is 5.32 Å². The molecule has 0 bridgehead atoms. The average molecular weight is 250 g/mol. The Hall–Kier alpha value is -1.75. The number of carbonyl (C=O) groups excluding carboxylic acids is 1. The molecule has 1 aliphatic rings. The zero-order valence-electron chi connectivity index (χ0n) is 10.2. The SMILES string of the molecule is Nc1ccc(NC(=O)OCC2CCOCC2)cc1. The fraction of sp³-hybridized carbons (Fsp3) is 0.462. The second-order valence-corrected chi connectivity index (χ2v) is 4.40. The highest BCUT2D eigenvalue weighted by molar-refractivity contribution is 5.84. The van der Waals surface area contributed by atoms with Crippen LogP contribution in [0.25, 0.3) is 0 Å². The number of nitrogens with two attached hydrogens (primary N) is 1. The van der Waals surface area contributed by atoms with Crippen molar-refractivity contribution in [3.63, 3.8) is 0 Å². The molecular formula is C13H18N2O3. The van der Waals surface area contributed by atoms with Crippen molar-refractivity contribution in [2.45, 2.75) is 12.8 Å². The van der Waals surface area contributed by atoms with Gasteiger partial charge in [0.2, 0.25) is 0 Å². The number of benzene rings is 1. The van der Waals surface area contributed by atoms with Gasteiger partial charge in [-0.3, -0.25) is 5.32 Å². The fourth-order valence-electron chi connectivity index (χ4n) is 1.83. The van der Waals surface area contributed by atoms with E-state index in [4.69, 9.17) is 15.2 Å². The van der Waals surface area contributed by atoms with Crippen molar-refractivity contribution < 1.29 is 14.3 Å². The van der Waals surface area contributed by atoms with Gasteiger partial charge in [-0.05, 0) is 43.0 Å². The Kier molecular flexibility index (Phi) is 4.41. The molecule has 2 rings (SSSR count). The van der Waals surface area contributed by atoms with Crippen LogP contribution < -0.4 is 11.1 Å². The molecule has 0 aromatic heterocycles. The number of nitrogen functional groups attached to an aromatic ring is 1. The molecule has 0 unspecified atom stereocenters. The van der Waals surface area contributed by atoms with Crippen LogP contribution in [0.5, 0.6) is 0 Å². The molecule has 1 fully saturated rings. The molecule has 1 aromatic rings. The molecule has 1 heterocycles. The number of ether oxygens (including phenoxy) is 2. The van der Waals surface area contributed by atoms with E-state index >= 15 is 0 Å². The molecule has 0 saturated carbocycles. The topological polar surface area (TPSA) is 73.6 Å². The van der Waals surface area contributed by atoms with Crippen LogP contribution in [0.3, 0.4) is 0 Å². The number of anilines is 2. The van der Waals surface area contributed by atoms with E-state index in [1.54, 1.807) is 24.3 Å². The quantitative estimate of drug-likeness (QED) is 0.807. The Morgan fingerprint density at radius 2 is 2.00 bits per heavy atom. The standard InChI is InChI=1S/C13H18N2O3/c14-11-1-3-12(4-2-11)15-13(16)18-9-10-5-7-17-8-6-10/h1-4,10H,5-9,14H2,(H,15,16). The van der Waals surface area contributed by atoms with Gasteiger partial charge in [-0.1, -0.05) is 0 Å². The van der Waals surface area contributed by atoms with E-state index in [1.807, 2.05) is 0 Å². The van der Waals surface area contributed by atoms with Gasteiger partial charge in [0.1, 0.15) is 0 Å². The van der Waals surface area contributed by atoms with Crippen molar-refractivity contribution >= 4 is 17.5 Å². The van der Waals surface area contributed by atoms with Crippen molar-refractivity contribution in [2.75, 3.05) is 30.9 Å². The Bertz CT molecular complexity index is 386. The summed E-state index contributed by atoms with van der Waals surface area (Å²) in [5, 5.41) is 2.66. The van der Waals surface area contributed by atoms with E-state index < -0.39 is 6.09 Å². The number of amides is 1. The molecule has 18 heavy (non-hydrogen) atoms. The number of carbonyl (C=O) groups is 1. The molecular weight excluding hydrogens is 232 g/mol. The van der Waals surface area contributed by atoms with Crippen molar-refractivity contribution in [3.8, 4) is 0 Å². The third kappa shape index (κ3) is 3.92. The zero-order chi connectivity index (χ0) is 12.8. The predicted molar refractivity (Wildman–Crippen MR) is 69.4 cm³/mol. The Morgan fingerprint density at radius 3 is 2.67 bits per heavy atom. The molecule has 1 aromatic carbocycles. The maximum Gasteiger partial charge on any atom is 0.411 e. The number of rotatable bonds is 3. The molecule has 3 N–H and O–H groups in total. The van der Waals surface area contributed by atoms with E-state index in [-0.39, 0.29) is 0 Å². The summed E-state index contributed by atoms with van der Waals surface area (Å²) in [5.74, 6) is 0.413. The lowest BCUT2D eigenvalue weighted by Crippen LogP contribution is -2.23. The van der Waals surface area contributed by atoms with Crippen LogP contribution in [-0.2, 0) is 9.47 Å². The lowest BCUT2D eigenvalue weighted by molar-refractivity contribution is 0.0405. The van der Waals surface area contributed by atoms with Gasteiger partial charge >= 0.3 is 6.09 Å². The first-order valence-electron chi connectivity index (χ1n) is 6.11. The van der Waals surface area contributed by atoms with E-state index in [0.717, 1.165) is 26.1 Å². The highest BCUT2D eigenvalue weighted by Gasteiger charge is 2.15. The summed E-state index contributed by atoms with van der Waals surface area (Å²) in [7, 11) is 0. The van der Waals surface area contributed by atoms with Crippen molar-refractivity contribution in [1.82, 2.24) is 0 Å². The Morgan fingerprint density at radius 1 is 1.33 bits per heavy atom. The van der Waals surface area contributed by atoms with Gasteiger partial charge in [0, 0.05) is 24.6 Å². The molecule has 0 aliphatic carbocycles. The smallest absolute Gasteiger partial charge is 0.411 e. The zero-order valence-corrected chi connectivity index (χ0v) is 10.2. The third-order valence-corrected chi connectivity index (χ3v) is 2.95. The van der Waals surface area contributed by atoms with Gasteiger partial charge < -0.3 is 15.2 Å². The fourth-order valence-corrected chi connectivity index (χ4v) is 1.83. The summed E-state index contributed by atoms with van der Waals surface area (Å²) in [5.41, 5.74) is 6.90. The van der Waals surface area contributed by atoms with Gasteiger partial charge in [-0.25, -0.2) is 4.79 Å². The number of hydrogen-bond donors (Lipinski definition) is 2. The predicted octanol–water partition coefficient (Wildman–Crippen LogP) is 2.24. The van der Waals surface area contributed by atoms with Crippen LogP contribution in [0.4, 0.5) is 16.2 Å². The first kappa shape index (κ1) is 12.7. The van der Waals surface area contributed by atoms with Crippen LogP contribution in [0, 0.1) is 5.92 Å². The highest BCUT2D eigenvalue weighted by atomic mass is 16.5. The molecule has 1 saturated heterocycles. The Balaban J connectivity index is 1.73. The highest BCUT2D eigenvalue weighted by Crippen LogP contribution is 2.15. The number of nitrogens with one attached hydrogen (secondary N) is 1. The third-order valence-electron chi connectivity index (χ3n) is 2.95. The molecule has 0 atom stereocenters. The van der Waals surface area contributed by atoms with E-state index in [1.165, 1.54) is 0 Å². The van der Waals surface area contributed by atoms with E-state index in [0.29, 0.717) is 23.9 Å². The first-order valence-corrected chi connectivity index (χ1v) is 6.11. The molecule has 0 radical (unpaired) electrons. The van der Waals surface area contributed by atoms with Gasteiger partial charge in [-0.2, -0.15) is 0 Å². The van der Waals surface area contributed by atoms with Gasteiger partial charge in [-0.15, -0.1) is 0 Å². The first-order chi connectivity index (χ1) is 8.74. The molecule has 1 amide bonds. The van der Waals surface area contributed by atoms with Crippen molar-refractivity contribution in [3.05, 3.63) is 24.3 Å². The van der Waals surface area contributed by atoms with Gasteiger partial charge in [0.25, 0.3) is 0 Å². The second-order valence-electron chi connectivity index (χ2n) is 4.40. The summed E-state index contributed by atoms with van der Waals surface area (Å²) in [6, 6.07) is 6.94. The summed E-state index contributed by atoms with van der Waals surface area (Å²) < 4.78 is 10.4. The lowest BCUT2D eigenvalue weighted by Gasteiger charge is -2.21. The minimum Gasteiger partial charge on any atom is -0.449 e. The minimum atomic E-state index is -0.425. The summed E-state index contributed by atoms with van der Waals surface area (Å²) in [4.78, 5) is 11.5. The lowest BCUT2D eigenvalue weighted by atomic mass is 10.0. The monoisotopic (exact) mass is 250 g/mol. The van der Waals surface area contributed by atoms with Gasteiger partial charge in [0.15, 0.2) is 0 Å².